The zero-order valence-corrected chi connectivity index (χ0v) is 15.9. The zero-order valence-electron chi connectivity index (χ0n) is 15.9. The number of amides is 2. The van der Waals surface area contributed by atoms with Crippen LogP contribution in [-0.4, -0.2) is 50.6 Å². The molecule has 1 saturated heterocycles. The fourth-order valence-electron chi connectivity index (χ4n) is 3.28. The maximum atomic E-state index is 12.7. The lowest BCUT2D eigenvalue weighted by atomic mass is 10.1. The molecule has 0 spiro atoms. The van der Waals surface area contributed by atoms with Gasteiger partial charge in [0.2, 0.25) is 11.8 Å². The van der Waals surface area contributed by atoms with Gasteiger partial charge in [0.15, 0.2) is 11.5 Å². The molecule has 0 unspecified atom stereocenters. The van der Waals surface area contributed by atoms with Crippen molar-refractivity contribution >= 4 is 17.5 Å². The standard InChI is InChI=1S/C21H24N2O4/c1-15-6-4-5-7-17(15)23-11-10-22(14-21(23)25)20(24)13-16-8-9-18(26-2)19(12-16)27-3/h4-9,12H,10-11,13-14H2,1-3H3. The maximum Gasteiger partial charge on any atom is 0.246 e. The highest BCUT2D eigenvalue weighted by molar-refractivity contribution is 5.98. The van der Waals surface area contributed by atoms with Gasteiger partial charge in [-0.3, -0.25) is 9.59 Å². The van der Waals surface area contributed by atoms with Crippen molar-refractivity contribution < 1.29 is 19.1 Å². The van der Waals surface area contributed by atoms with E-state index in [0.29, 0.717) is 24.6 Å². The van der Waals surface area contributed by atoms with Gasteiger partial charge in [-0.25, -0.2) is 0 Å². The minimum Gasteiger partial charge on any atom is -0.493 e. The van der Waals surface area contributed by atoms with Crippen LogP contribution in [0.4, 0.5) is 5.69 Å². The summed E-state index contributed by atoms with van der Waals surface area (Å²) in [7, 11) is 3.13. The second kappa shape index (κ2) is 8.12. The van der Waals surface area contributed by atoms with Crippen molar-refractivity contribution in [3.8, 4) is 11.5 Å². The minimum absolute atomic E-state index is 0.0591. The first-order valence-electron chi connectivity index (χ1n) is 8.88. The summed E-state index contributed by atoms with van der Waals surface area (Å²) in [4.78, 5) is 28.6. The number of ether oxygens (including phenoxy) is 2. The monoisotopic (exact) mass is 368 g/mol. The van der Waals surface area contributed by atoms with Crippen molar-refractivity contribution in [3.63, 3.8) is 0 Å². The summed E-state index contributed by atoms with van der Waals surface area (Å²) in [5.74, 6) is 1.08. The summed E-state index contributed by atoms with van der Waals surface area (Å²) in [6.07, 6.45) is 0.220. The Balaban J connectivity index is 1.66. The van der Waals surface area contributed by atoms with Gasteiger partial charge in [0, 0.05) is 18.8 Å². The quantitative estimate of drug-likeness (QED) is 0.813. The van der Waals surface area contributed by atoms with Crippen LogP contribution in [0.5, 0.6) is 11.5 Å². The molecule has 0 atom stereocenters. The highest BCUT2D eigenvalue weighted by atomic mass is 16.5. The van der Waals surface area contributed by atoms with E-state index in [9.17, 15) is 9.59 Å². The van der Waals surface area contributed by atoms with Gasteiger partial charge in [0.25, 0.3) is 0 Å². The molecule has 2 aromatic carbocycles. The van der Waals surface area contributed by atoms with Crippen LogP contribution >= 0.6 is 0 Å². The molecule has 0 aliphatic carbocycles. The number of aryl methyl sites for hydroxylation is 1. The molecular weight excluding hydrogens is 344 g/mol. The first-order valence-corrected chi connectivity index (χ1v) is 8.88. The molecule has 0 aromatic heterocycles. The SMILES string of the molecule is COc1ccc(CC(=O)N2CCN(c3ccccc3C)C(=O)C2)cc1OC. The number of hydrogen-bond donors (Lipinski definition) is 0. The summed E-state index contributed by atoms with van der Waals surface area (Å²) >= 11 is 0. The fraction of sp³-hybridized carbons (Fsp3) is 0.333. The van der Waals surface area contributed by atoms with Crippen LogP contribution in [-0.2, 0) is 16.0 Å². The summed E-state index contributed by atoms with van der Waals surface area (Å²) in [6.45, 7) is 3.10. The lowest BCUT2D eigenvalue weighted by Gasteiger charge is -2.35. The number of para-hydroxylation sites is 1. The fourth-order valence-corrected chi connectivity index (χ4v) is 3.28. The van der Waals surface area contributed by atoms with Crippen LogP contribution in [0.15, 0.2) is 42.5 Å². The van der Waals surface area contributed by atoms with E-state index in [1.807, 2.05) is 37.3 Å². The van der Waals surface area contributed by atoms with Gasteiger partial charge in [-0.2, -0.15) is 0 Å². The van der Waals surface area contributed by atoms with Crippen LogP contribution in [0, 0.1) is 6.92 Å². The molecule has 2 aromatic rings. The van der Waals surface area contributed by atoms with E-state index in [2.05, 4.69) is 0 Å². The molecule has 0 radical (unpaired) electrons. The Bertz CT molecular complexity index is 850. The molecule has 0 bridgehead atoms. The zero-order chi connectivity index (χ0) is 19.4. The average Bonchev–Trinajstić information content (AvgIpc) is 2.68. The van der Waals surface area contributed by atoms with Crippen LogP contribution < -0.4 is 14.4 Å². The minimum atomic E-state index is -0.0694. The van der Waals surface area contributed by atoms with Gasteiger partial charge >= 0.3 is 0 Å². The molecule has 27 heavy (non-hydrogen) atoms. The predicted octanol–water partition coefficient (Wildman–Crippen LogP) is 2.43. The number of carbonyl (C=O) groups is 2. The number of hydrogen-bond acceptors (Lipinski definition) is 4. The first-order chi connectivity index (χ1) is 13.0. The Morgan fingerprint density at radius 3 is 2.44 bits per heavy atom. The molecule has 1 aliphatic rings. The largest absolute Gasteiger partial charge is 0.493 e. The Hall–Kier alpha value is -3.02. The Morgan fingerprint density at radius 1 is 1.04 bits per heavy atom. The second-order valence-electron chi connectivity index (χ2n) is 6.51. The third kappa shape index (κ3) is 4.05. The molecule has 1 heterocycles. The topological polar surface area (TPSA) is 59.1 Å². The molecular formula is C21H24N2O4. The summed E-state index contributed by atoms with van der Waals surface area (Å²) < 4.78 is 10.5. The molecule has 142 valence electrons. The molecule has 3 rings (SSSR count). The van der Waals surface area contributed by atoms with E-state index in [4.69, 9.17) is 9.47 Å². The third-order valence-electron chi connectivity index (χ3n) is 4.78. The van der Waals surface area contributed by atoms with Crippen molar-refractivity contribution in [2.45, 2.75) is 13.3 Å². The molecule has 1 fully saturated rings. The number of nitrogens with zero attached hydrogens (tertiary/aromatic N) is 2. The summed E-state index contributed by atoms with van der Waals surface area (Å²) in [5.41, 5.74) is 2.79. The third-order valence-corrected chi connectivity index (χ3v) is 4.78. The van der Waals surface area contributed by atoms with Gasteiger partial charge in [-0.05, 0) is 36.2 Å². The summed E-state index contributed by atoms with van der Waals surface area (Å²) in [5, 5.41) is 0. The molecule has 1 aliphatic heterocycles. The molecule has 6 nitrogen and oxygen atoms in total. The number of benzene rings is 2. The van der Waals surface area contributed by atoms with Crippen molar-refractivity contribution in [3.05, 3.63) is 53.6 Å². The highest BCUT2D eigenvalue weighted by Gasteiger charge is 2.28. The second-order valence-corrected chi connectivity index (χ2v) is 6.51. The van der Waals surface area contributed by atoms with Gasteiger partial charge in [-0.15, -0.1) is 0 Å². The average molecular weight is 368 g/mol. The number of rotatable bonds is 5. The summed E-state index contributed by atoms with van der Waals surface area (Å²) in [6, 6.07) is 13.2. The van der Waals surface area contributed by atoms with Crippen molar-refractivity contribution in [1.82, 2.24) is 4.90 Å². The van der Waals surface area contributed by atoms with Crippen molar-refractivity contribution in [2.75, 3.05) is 38.8 Å². The Morgan fingerprint density at radius 2 is 1.78 bits per heavy atom. The van der Waals surface area contributed by atoms with E-state index in [-0.39, 0.29) is 24.8 Å². The molecule has 6 heteroatoms. The van der Waals surface area contributed by atoms with Gasteiger partial charge in [0.1, 0.15) is 6.54 Å². The van der Waals surface area contributed by atoms with Crippen LogP contribution in [0.3, 0.4) is 0 Å². The van der Waals surface area contributed by atoms with Crippen LogP contribution in [0.1, 0.15) is 11.1 Å². The number of anilines is 1. The Kier molecular flexibility index (Phi) is 5.64. The van der Waals surface area contributed by atoms with Gasteiger partial charge in [0.05, 0.1) is 20.6 Å². The van der Waals surface area contributed by atoms with Crippen molar-refractivity contribution in [1.29, 1.82) is 0 Å². The highest BCUT2D eigenvalue weighted by Crippen LogP contribution is 2.28. The lowest BCUT2D eigenvalue weighted by molar-refractivity contribution is -0.136. The van der Waals surface area contributed by atoms with Crippen LogP contribution in [0.2, 0.25) is 0 Å². The van der Waals surface area contributed by atoms with E-state index in [1.165, 1.54) is 0 Å². The molecule has 0 N–H and O–H groups in total. The lowest BCUT2D eigenvalue weighted by Crippen LogP contribution is -2.53. The van der Waals surface area contributed by atoms with E-state index in [0.717, 1.165) is 16.8 Å². The maximum absolute atomic E-state index is 12.7. The van der Waals surface area contributed by atoms with Gasteiger partial charge < -0.3 is 19.3 Å². The number of methoxy groups -OCH3 is 2. The van der Waals surface area contributed by atoms with Crippen molar-refractivity contribution in [2.24, 2.45) is 0 Å². The molecule has 2 amide bonds. The first kappa shape index (κ1) is 18.8. The number of carbonyl (C=O) groups excluding carboxylic acids is 2. The van der Waals surface area contributed by atoms with E-state index in [1.54, 1.807) is 36.2 Å². The van der Waals surface area contributed by atoms with Gasteiger partial charge in [-0.1, -0.05) is 24.3 Å². The molecule has 0 saturated carbocycles. The Labute approximate surface area is 159 Å². The smallest absolute Gasteiger partial charge is 0.246 e. The van der Waals surface area contributed by atoms with E-state index >= 15 is 0 Å². The number of piperazine rings is 1. The predicted molar refractivity (Wildman–Crippen MR) is 103 cm³/mol. The normalized spacial score (nSPS) is 14.3. The van der Waals surface area contributed by atoms with Crippen LogP contribution in [0.25, 0.3) is 0 Å². The van der Waals surface area contributed by atoms with E-state index < -0.39 is 0 Å².